The second-order valence-electron chi connectivity index (χ2n) is 5.03. The van der Waals surface area contributed by atoms with Crippen LogP contribution in [-0.2, 0) is 6.42 Å². The van der Waals surface area contributed by atoms with Gasteiger partial charge in [0.2, 0.25) is 0 Å². The minimum Gasteiger partial charge on any atom is -0.339 e. The number of carbonyl (C=O) groups is 1. The van der Waals surface area contributed by atoms with Crippen LogP contribution in [0.2, 0.25) is 0 Å². The molecular formula is C16H18FNOS. The molecule has 0 spiro atoms. The van der Waals surface area contributed by atoms with E-state index in [1.165, 1.54) is 10.9 Å². The first-order valence-electron chi connectivity index (χ1n) is 6.54. The topological polar surface area (TPSA) is 20.3 Å². The number of aryl methyl sites for hydroxylation is 1. The third-order valence-electron chi connectivity index (χ3n) is 3.41. The third-order valence-corrected chi connectivity index (χ3v) is 4.31. The first kappa shape index (κ1) is 14.7. The summed E-state index contributed by atoms with van der Waals surface area (Å²) in [5, 5.41) is 2.02. The smallest absolute Gasteiger partial charge is 0.256 e. The van der Waals surface area contributed by atoms with Gasteiger partial charge in [-0.2, -0.15) is 0 Å². The molecule has 0 aliphatic carbocycles. The number of halogens is 1. The molecule has 20 heavy (non-hydrogen) atoms. The molecule has 0 saturated carbocycles. The zero-order chi connectivity index (χ0) is 14.7. The van der Waals surface area contributed by atoms with Gasteiger partial charge in [0.15, 0.2) is 0 Å². The Morgan fingerprint density at radius 2 is 2.15 bits per heavy atom. The molecule has 1 unspecified atom stereocenters. The van der Waals surface area contributed by atoms with E-state index in [1.54, 1.807) is 35.4 Å². The van der Waals surface area contributed by atoms with Crippen molar-refractivity contribution in [2.75, 3.05) is 7.05 Å². The van der Waals surface area contributed by atoms with Crippen molar-refractivity contribution in [1.29, 1.82) is 0 Å². The van der Waals surface area contributed by atoms with Crippen molar-refractivity contribution in [3.8, 4) is 0 Å². The molecular weight excluding hydrogens is 273 g/mol. The molecule has 1 amide bonds. The average molecular weight is 291 g/mol. The number of hydrogen-bond acceptors (Lipinski definition) is 2. The van der Waals surface area contributed by atoms with Gasteiger partial charge in [-0.25, -0.2) is 4.39 Å². The van der Waals surface area contributed by atoms with Crippen LogP contribution in [0, 0.1) is 12.7 Å². The van der Waals surface area contributed by atoms with Crippen LogP contribution in [0.4, 0.5) is 4.39 Å². The number of rotatable bonds is 4. The summed E-state index contributed by atoms with van der Waals surface area (Å²) in [6.45, 7) is 3.83. The minimum atomic E-state index is -0.462. The van der Waals surface area contributed by atoms with Crippen LogP contribution in [0.25, 0.3) is 0 Å². The quantitative estimate of drug-likeness (QED) is 0.836. The summed E-state index contributed by atoms with van der Waals surface area (Å²) in [4.78, 5) is 15.2. The van der Waals surface area contributed by atoms with Crippen molar-refractivity contribution in [2.45, 2.75) is 26.3 Å². The van der Waals surface area contributed by atoms with E-state index >= 15 is 0 Å². The molecule has 0 bridgehead atoms. The fourth-order valence-electron chi connectivity index (χ4n) is 2.05. The molecule has 4 heteroatoms. The Kier molecular flexibility index (Phi) is 4.55. The maximum atomic E-state index is 13.8. The number of hydrogen-bond donors (Lipinski definition) is 0. The van der Waals surface area contributed by atoms with Gasteiger partial charge < -0.3 is 4.90 Å². The molecule has 1 atom stereocenters. The molecule has 106 valence electrons. The number of benzene rings is 1. The van der Waals surface area contributed by atoms with Crippen molar-refractivity contribution < 1.29 is 9.18 Å². The predicted octanol–water partition coefficient (Wildman–Crippen LogP) is 3.90. The lowest BCUT2D eigenvalue weighted by Crippen LogP contribution is -2.36. The maximum Gasteiger partial charge on any atom is 0.256 e. The Morgan fingerprint density at radius 3 is 2.80 bits per heavy atom. The predicted molar refractivity (Wildman–Crippen MR) is 80.7 cm³/mol. The van der Waals surface area contributed by atoms with Gasteiger partial charge in [0.1, 0.15) is 5.82 Å². The van der Waals surface area contributed by atoms with E-state index in [-0.39, 0.29) is 17.5 Å². The summed E-state index contributed by atoms with van der Waals surface area (Å²) >= 11 is 1.67. The first-order chi connectivity index (χ1) is 9.49. The number of carbonyl (C=O) groups excluding carboxylic acids is 1. The molecule has 1 heterocycles. The minimum absolute atomic E-state index is 0.0288. The molecule has 0 N–H and O–H groups in total. The van der Waals surface area contributed by atoms with Gasteiger partial charge in [0.05, 0.1) is 5.56 Å². The molecule has 0 fully saturated rings. The lowest BCUT2D eigenvalue weighted by molar-refractivity contribution is 0.0739. The lowest BCUT2D eigenvalue weighted by Gasteiger charge is -2.25. The second-order valence-corrected chi connectivity index (χ2v) is 6.06. The Morgan fingerprint density at radius 1 is 1.40 bits per heavy atom. The van der Waals surface area contributed by atoms with E-state index in [9.17, 15) is 9.18 Å². The molecule has 1 aromatic carbocycles. The largest absolute Gasteiger partial charge is 0.339 e. The van der Waals surface area contributed by atoms with Gasteiger partial charge in [-0.1, -0.05) is 17.7 Å². The highest BCUT2D eigenvalue weighted by atomic mass is 32.1. The Bertz CT molecular complexity index is 595. The van der Waals surface area contributed by atoms with Crippen molar-refractivity contribution >= 4 is 17.2 Å². The van der Waals surface area contributed by atoms with E-state index in [0.717, 1.165) is 12.0 Å². The van der Waals surface area contributed by atoms with Crippen LogP contribution in [0.3, 0.4) is 0 Å². The fourth-order valence-corrected chi connectivity index (χ4v) is 2.88. The number of amides is 1. The van der Waals surface area contributed by atoms with Gasteiger partial charge in [-0.05, 0) is 37.4 Å². The Labute approximate surface area is 122 Å². The van der Waals surface area contributed by atoms with Crippen LogP contribution < -0.4 is 0 Å². The molecule has 2 rings (SSSR count). The van der Waals surface area contributed by atoms with E-state index in [1.807, 2.05) is 31.4 Å². The molecule has 0 saturated heterocycles. The van der Waals surface area contributed by atoms with Gasteiger partial charge in [-0.15, -0.1) is 11.3 Å². The van der Waals surface area contributed by atoms with Crippen LogP contribution in [-0.4, -0.2) is 23.9 Å². The normalized spacial score (nSPS) is 12.2. The van der Waals surface area contributed by atoms with Crippen LogP contribution in [0.5, 0.6) is 0 Å². The maximum absolute atomic E-state index is 13.8. The highest BCUT2D eigenvalue weighted by Gasteiger charge is 2.21. The fraction of sp³-hybridized carbons (Fsp3) is 0.312. The summed E-state index contributed by atoms with van der Waals surface area (Å²) in [5.41, 5.74) is 1.03. The van der Waals surface area contributed by atoms with Crippen molar-refractivity contribution in [3.63, 3.8) is 0 Å². The zero-order valence-electron chi connectivity index (χ0n) is 11.9. The summed E-state index contributed by atoms with van der Waals surface area (Å²) in [6.07, 6.45) is 0.785. The van der Waals surface area contributed by atoms with E-state index in [2.05, 4.69) is 0 Å². The third kappa shape index (κ3) is 3.25. The number of likely N-dealkylation sites (N-methyl/N-ethyl adjacent to an activating group) is 1. The van der Waals surface area contributed by atoms with Crippen LogP contribution in [0.15, 0.2) is 35.7 Å². The molecule has 2 aromatic rings. The molecule has 0 radical (unpaired) electrons. The number of thiophene rings is 1. The van der Waals surface area contributed by atoms with Crippen molar-refractivity contribution in [1.82, 2.24) is 4.90 Å². The summed E-state index contributed by atoms with van der Waals surface area (Å²) in [6, 6.07) is 8.69. The van der Waals surface area contributed by atoms with Crippen LogP contribution >= 0.6 is 11.3 Å². The molecule has 1 aromatic heterocycles. The Balaban J connectivity index is 2.13. The van der Waals surface area contributed by atoms with Gasteiger partial charge in [0.25, 0.3) is 5.91 Å². The number of nitrogens with zero attached hydrogens (tertiary/aromatic N) is 1. The SMILES string of the molecule is Cc1ccc(F)c(C(=O)N(C)C(C)Cc2cccs2)c1. The summed E-state index contributed by atoms with van der Waals surface area (Å²) < 4.78 is 13.8. The van der Waals surface area contributed by atoms with Crippen LogP contribution in [0.1, 0.15) is 27.7 Å². The van der Waals surface area contributed by atoms with E-state index in [4.69, 9.17) is 0 Å². The average Bonchev–Trinajstić information content (AvgIpc) is 2.92. The van der Waals surface area contributed by atoms with E-state index in [0.29, 0.717) is 0 Å². The molecule has 0 aliphatic heterocycles. The van der Waals surface area contributed by atoms with Crippen molar-refractivity contribution in [3.05, 3.63) is 57.5 Å². The monoisotopic (exact) mass is 291 g/mol. The highest BCUT2D eigenvalue weighted by Crippen LogP contribution is 2.17. The lowest BCUT2D eigenvalue weighted by atomic mass is 10.1. The molecule has 2 nitrogen and oxygen atoms in total. The van der Waals surface area contributed by atoms with Crippen molar-refractivity contribution in [2.24, 2.45) is 0 Å². The summed E-state index contributed by atoms with van der Waals surface area (Å²) in [5.74, 6) is -0.731. The zero-order valence-corrected chi connectivity index (χ0v) is 12.7. The first-order valence-corrected chi connectivity index (χ1v) is 7.42. The molecule has 0 aliphatic rings. The van der Waals surface area contributed by atoms with Gasteiger partial charge in [0, 0.05) is 24.4 Å². The second kappa shape index (κ2) is 6.18. The Hall–Kier alpha value is -1.68. The van der Waals surface area contributed by atoms with Gasteiger partial charge >= 0.3 is 0 Å². The van der Waals surface area contributed by atoms with Gasteiger partial charge in [-0.3, -0.25) is 4.79 Å². The van der Waals surface area contributed by atoms with E-state index < -0.39 is 5.82 Å². The standard InChI is InChI=1S/C16H18FNOS/c1-11-6-7-15(17)14(9-11)16(19)18(3)12(2)10-13-5-4-8-20-13/h4-9,12H,10H2,1-3H3. The summed E-state index contributed by atoms with van der Waals surface area (Å²) in [7, 11) is 1.72. The highest BCUT2D eigenvalue weighted by molar-refractivity contribution is 7.09.